The van der Waals surface area contributed by atoms with E-state index in [1.165, 1.54) is 31.2 Å². The summed E-state index contributed by atoms with van der Waals surface area (Å²) in [4.78, 5) is 11.1. The fourth-order valence-electron chi connectivity index (χ4n) is 1.81. The van der Waals surface area contributed by atoms with Gasteiger partial charge in [-0.1, -0.05) is 23.4 Å². The molecule has 0 spiro atoms. The molecule has 5 nitrogen and oxygen atoms in total. The van der Waals surface area contributed by atoms with Crippen molar-refractivity contribution in [2.45, 2.75) is 11.8 Å². The number of amides is 1. The molecular formula is C17H15ClN2O3S. The normalized spacial score (nSPS) is 10.6. The summed E-state index contributed by atoms with van der Waals surface area (Å²) >= 11 is 5.73. The zero-order valence-electron chi connectivity index (χ0n) is 12.8. The van der Waals surface area contributed by atoms with E-state index in [2.05, 4.69) is 21.9 Å². The first-order valence-electron chi connectivity index (χ1n) is 6.98. The maximum atomic E-state index is 12.0. The van der Waals surface area contributed by atoms with Gasteiger partial charge in [0.15, 0.2) is 0 Å². The lowest BCUT2D eigenvalue weighted by Gasteiger charge is -2.03. The van der Waals surface area contributed by atoms with Crippen molar-refractivity contribution >= 4 is 33.2 Å². The average Bonchev–Trinajstić information content (AvgIpc) is 2.53. The number of sulfonamides is 1. The first-order chi connectivity index (χ1) is 11.4. The second kappa shape index (κ2) is 7.97. The maximum Gasteiger partial charge on any atom is 0.241 e. The van der Waals surface area contributed by atoms with Gasteiger partial charge in [0, 0.05) is 23.2 Å². The molecule has 2 aromatic carbocycles. The van der Waals surface area contributed by atoms with Crippen LogP contribution in [-0.4, -0.2) is 20.9 Å². The molecule has 0 aromatic heterocycles. The molecule has 124 valence electrons. The zero-order chi connectivity index (χ0) is 17.6. The monoisotopic (exact) mass is 362 g/mol. The molecule has 0 saturated heterocycles. The number of nitrogens with one attached hydrogen (secondary N) is 2. The summed E-state index contributed by atoms with van der Waals surface area (Å²) in [6.45, 7) is 1.42. The Bertz CT molecular complexity index is 880. The van der Waals surface area contributed by atoms with E-state index in [0.717, 1.165) is 5.56 Å². The third-order valence-electron chi connectivity index (χ3n) is 2.91. The zero-order valence-corrected chi connectivity index (χ0v) is 14.4. The van der Waals surface area contributed by atoms with Crippen LogP contribution in [0.25, 0.3) is 0 Å². The van der Waals surface area contributed by atoms with Gasteiger partial charge in [0.2, 0.25) is 15.9 Å². The van der Waals surface area contributed by atoms with Gasteiger partial charge in [0.25, 0.3) is 0 Å². The van der Waals surface area contributed by atoms with E-state index < -0.39 is 10.0 Å². The smallest absolute Gasteiger partial charge is 0.241 e. The van der Waals surface area contributed by atoms with Crippen molar-refractivity contribution in [3.8, 4) is 11.8 Å². The summed E-state index contributed by atoms with van der Waals surface area (Å²) in [5.74, 6) is 5.45. The highest BCUT2D eigenvalue weighted by Crippen LogP contribution is 2.13. The lowest BCUT2D eigenvalue weighted by Crippen LogP contribution is -2.23. The van der Waals surface area contributed by atoms with Crippen molar-refractivity contribution < 1.29 is 13.2 Å². The topological polar surface area (TPSA) is 75.3 Å². The highest BCUT2D eigenvalue weighted by Gasteiger charge is 2.11. The minimum Gasteiger partial charge on any atom is -0.326 e. The molecule has 2 rings (SSSR count). The molecule has 2 N–H and O–H groups in total. The van der Waals surface area contributed by atoms with E-state index in [9.17, 15) is 13.2 Å². The Morgan fingerprint density at radius 3 is 2.29 bits per heavy atom. The Hall–Kier alpha value is -2.33. The van der Waals surface area contributed by atoms with Crippen LogP contribution >= 0.6 is 11.6 Å². The fourth-order valence-corrected chi connectivity index (χ4v) is 2.86. The average molecular weight is 363 g/mol. The maximum absolute atomic E-state index is 12.0. The van der Waals surface area contributed by atoms with Crippen molar-refractivity contribution in [2.75, 3.05) is 11.9 Å². The van der Waals surface area contributed by atoms with E-state index in [0.29, 0.717) is 10.7 Å². The molecule has 0 fully saturated rings. The van der Waals surface area contributed by atoms with E-state index in [4.69, 9.17) is 11.6 Å². The molecule has 0 aliphatic carbocycles. The van der Waals surface area contributed by atoms with Crippen LogP contribution in [-0.2, 0) is 14.8 Å². The molecule has 24 heavy (non-hydrogen) atoms. The van der Waals surface area contributed by atoms with Crippen LogP contribution < -0.4 is 10.0 Å². The van der Waals surface area contributed by atoms with Gasteiger partial charge in [-0.2, -0.15) is 4.72 Å². The second-order valence-corrected chi connectivity index (χ2v) is 7.04. The first kappa shape index (κ1) is 18.0. The second-order valence-electron chi connectivity index (χ2n) is 4.84. The molecule has 2 aromatic rings. The van der Waals surface area contributed by atoms with Crippen molar-refractivity contribution in [3.63, 3.8) is 0 Å². The van der Waals surface area contributed by atoms with Crippen LogP contribution in [0.5, 0.6) is 0 Å². The molecule has 1 amide bonds. The number of anilines is 1. The van der Waals surface area contributed by atoms with E-state index in [-0.39, 0.29) is 17.3 Å². The summed E-state index contributed by atoms with van der Waals surface area (Å²) in [6, 6.07) is 12.8. The van der Waals surface area contributed by atoms with Gasteiger partial charge in [-0.25, -0.2) is 8.42 Å². The van der Waals surface area contributed by atoms with Gasteiger partial charge in [-0.3, -0.25) is 4.79 Å². The Kier molecular flexibility index (Phi) is 5.99. The highest BCUT2D eigenvalue weighted by atomic mass is 35.5. The Morgan fingerprint density at radius 1 is 1.08 bits per heavy atom. The van der Waals surface area contributed by atoms with Crippen molar-refractivity contribution in [3.05, 3.63) is 59.1 Å². The van der Waals surface area contributed by atoms with E-state index in [1.807, 2.05) is 0 Å². The van der Waals surface area contributed by atoms with Crippen LogP contribution in [0.3, 0.4) is 0 Å². The predicted molar refractivity (Wildman–Crippen MR) is 94.3 cm³/mol. The largest absolute Gasteiger partial charge is 0.326 e. The van der Waals surface area contributed by atoms with Crippen molar-refractivity contribution in [1.82, 2.24) is 4.72 Å². The lowest BCUT2D eigenvalue weighted by molar-refractivity contribution is -0.114. The molecule has 0 heterocycles. The van der Waals surface area contributed by atoms with E-state index in [1.54, 1.807) is 24.3 Å². The van der Waals surface area contributed by atoms with Crippen LogP contribution in [0.1, 0.15) is 12.5 Å². The number of hydrogen-bond acceptors (Lipinski definition) is 3. The summed E-state index contributed by atoms with van der Waals surface area (Å²) in [6.07, 6.45) is 0. The molecule has 0 saturated carbocycles. The predicted octanol–water partition coefficient (Wildman–Crippen LogP) is 2.63. The Labute approximate surface area is 146 Å². The van der Waals surface area contributed by atoms with Gasteiger partial charge in [0.05, 0.1) is 11.4 Å². The fraction of sp³-hybridized carbons (Fsp3) is 0.118. The molecule has 0 aliphatic rings. The first-order valence-corrected chi connectivity index (χ1v) is 8.85. The summed E-state index contributed by atoms with van der Waals surface area (Å²) in [5, 5.41) is 3.12. The van der Waals surface area contributed by atoms with Gasteiger partial charge in [-0.05, 0) is 48.5 Å². The van der Waals surface area contributed by atoms with Crippen LogP contribution in [0.2, 0.25) is 5.02 Å². The highest BCUT2D eigenvalue weighted by molar-refractivity contribution is 7.89. The number of carbonyl (C=O) groups is 1. The van der Waals surface area contributed by atoms with Crippen molar-refractivity contribution in [1.29, 1.82) is 0 Å². The van der Waals surface area contributed by atoms with E-state index >= 15 is 0 Å². The van der Waals surface area contributed by atoms with Gasteiger partial charge in [-0.15, -0.1) is 0 Å². The molecule has 0 atom stereocenters. The summed E-state index contributed by atoms with van der Waals surface area (Å²) in [7, 11) is -3.61. The molecular weight excluding hydrogens is 348 g/mol. The lowest BCUT2D eigenvalue weighted by atomic mass is 10.2. The number of carbonyl (C=O) groups excluding carboxylic acids is 1. The van der Waals surface area contributed by atoms with Crippen LogP contribution in [0.4, 0.5) is 5.69 Å². The van der Waals surface area contributed by atoms with Crippen LogP contribution in [0.15, 0.2) is 53.4 Å². The molecule has 7 heteroatoms. The Balaban J connectivity index is 1.95. The summed E-state index contributed by atoms with van der Waals surface area (Å²) < 4.78 is 26.5. The van der Waals surface area contributed by atoms with Crippen LogP contribution in [0, 0.1) is 11.8 Å². The molecule has 0 unspecified atom stereocenters. The molecule has 0 radical (unpaired) electrons. The third kappa shape index (κ3) is 5.39. The van der Waals surface area contributed by atoms with Gasteiger partial charge >= 0.3 is 0 Å². The minimum atomic E-state index is -3.61. The number of rotatable bonds is 4. The third-order valence-corrected chi connectivity index (χ3v) is 4.58. The number of halogens is 1. The molecule has 0 bridgehead atoms. The van der Waals surface area contributed by atoms with Gasteiger partial charge in [0.1, 0.15) is 0 Å². The van der Waals surface area contributed by atoms with Gasteiger partial charge < -0.3 is 5.32 Å². The summed E-state index contributed by atoms with van der Waals surface area (Å²) in [5.41, 5.74) is 1.39. The number of hydrogen-bond donors (Lipinski definition) is 2. The Morgan fingerprint density at radius 2 is 1.71 bits per heavy atom. The quantitative estimate of drug-likeness (QED) is 0.821. The number of benzene rings is 2. The minimum absolute atomic E-state index is 0.0155. The molecule has 0 aliphatic heterocycles. The standard InChI is InChI=1S/C17H15ClN2O3S/c1-13(21)20-16-8-4-14(5-9-16)3-2-12-19-24(22,23)17-10-6-15(18)7-11-17/h4-11,19H,12H2,1H3,(H,20,21). The SMILES string of the molecule is CC(=O)Nc1ccc(C#CCNS(=O)(=O)c2ccc(Cl)cc2)cc1. The van der Waals surface area contributed by atoms with Crippen molar-refractivity contribution in [2.24, 2.45) is 0 Å².